The van der Waals surface area contributed by atoms with Crippen molar-refractivity contribution in [2.75, 3.05) is 19.6 Å². The molecule has 2 N–H and O–H groups in total. The minimum absolute atomic E-state index is 0.165. The lowest BCUT2D eigenvalue weighted by molar-refractivity contribution is 0.238. The molecule has 0 spiro atoms. The van der Waals surface area contributed by atoms with Gasteiger partial charge in [0.1, 0.15) is 0 Å². The molecule has 1 aromatic rings. The molecule has 2 nitrogen and oxygen atoms in total. The summed E-state index contributed by atoms with van der Waals surface area (Å²) in [6.07, 6.45) is 6.83. The first-order valence-corrected chi connectivity index (χ1v) is 8.31. The lowest BCUT2D eigenvalue weighted by Crippen LogP contribution is -2.35. The van der Waals surface area contributed by atoms with Gasteiger partial charge in [-0.3, -0.25) is 0 Å². The highest BCUT2D eigenvalue weighted by atomic mass is 15.1. The molecule has 1 atom stereocenters. The van der Waals surface area contributed by atoms with E-state index in [2.05, 4.69) is 36.1 Å². The van der Waals surface area contributed by atoms with Crippen LogP contribution in [0.4, 0.5) is 0 Å². The summed E-state index contributed by atoms with van der Waals surface area (Å²) in [7, 11) is 0. The maximum atomic E-state index is 6.44. The fraction of sp³-hybridized carbons (Fsp3) is 0.667. The van der Waals surface area contributed by atoms with Crippen molar-refractivity contribution in [1.29, 1.82) is 0 Å². The van der Waals surface area contributed by atoms with Gasteiger partial charge in [-0.1, -0.05) is 31.2 Å². The molecule has 0 bridgehead atoms. The van der Waals surface area contributed by atoms with Gasteiger partial charge in [0.05, 0.1) is 0 Å². The SMILES string of the molecule is CCc1ccc(C(N)CN(CC2CC2)CC2CC2)cc1. The Labute approximate surface area is 123 Å². The first-order chi connectivity index (χ1) is 9.74. The zero-order valence-corrected chi connectivity index (χ0v) is 12.7. The van der Waals surface area contributed by atoms with Crippen LogP contribution < -0.4 is 5.73 Å². The molecule has 110 valence electrons. The van der Waals surface area contributed by atoms with Gasteiger partial charge in [-0.25, -0.2) is 0 Å². The van der Waals surface area contributed by atoms with Gasteiger partial charge >= 0.3 is 0 Å². The minimum Gasteiger partial charge on any atom is -0.323 e. The molecule has 0 amide bonds. The molecule has 2 saturated carbocycles. The molecule has 0 heterocycles. The summed E-state index contributed by atoms with van der Waals surface area (Å²) in [4.78, 5) is 2.63. The third-order valence-corrected chi connectivity index (χ3v) is 4.70. The minimum atomic E-state index is 0.165. The van der Waals surface area contributed by atoms with Gasteiger partial charge in [0.15, 0.2) is 0 Å². The normalized spacial score (nSPS) is 20.4. The van der Waals surface area contributed by atoms with Crippen LogP contribution in [-0.4, -0.2) is 24.5 Å². The Morgan fingerprint density at radius 2 is 1.60 bits per heavy atom. The van der Waals surface area contributed by atoms with E-state index >= 15 is 0 Å². The molecular formula is C18H28N2. The summed E-state index contributed by atoms with van der Waals surface area (Å²) >= 11 is 0. The Morgan fingerprint density at radius 1 is 1.05 bits per heavy atom. The van der Waals surface area contributed by atoms with Crippen molar-refractivity contribution in [3.8, 4) is 0 Å². The molecule has 1 aromatic carbocycles. The third-order valence-electron chi connectivity index (χ3n) is 4.70. The van der Waals surface area contributed by atoms with Gasteiger partial charge in [-0.15, -0.1) is 0 Å². The standard InChI is InChI=1S/C18H28N2/c1-2-14-7-9-17(10-8-14)18(19)13-20(11-15-3-4-15)12-16-5-6-16/h7-10,15-16,18H,2-6,11-13,19H2,1H3. The number of hydrogen-bond donors (Lipinski definition) is 1. The van der Waals surface area contributed by atoms with Gasteiger partial charge in [-0.2, -0.15) is 0 Å². The second-order valence-electron chi connectivity index (χ2n) is 6.81. The Hall–Kier alpha value is -0.860. The topological polar surface area (TPSA) is 29.3 Å². The molecule has 2 aliphatic rings. The number of aryl methyl sites for hydroxylation is 1. The van der Waals surface area contributed by atoms with Crippen molar-refractivity contribution >= 4 is 0 Å². The van der Waals surface area contributed by atoms with Crippen LogP contribution in [0, 0.1) is 11.8 Å². The van der Waals surface area contributed by atoms with E-state index in [-0.39, 0.29) is 6.04 Å². The summed E-state index contributed by atoms with van der Waals surface area (Å²) in [6.45, 7) is 5.77. The Balaban J connectivity index is 1.56. The lowest BCUT2D eigenvalue weighted by atomic mass is 10.0. The maximum absolute atomic E-state index is 6.44. The molecule has 0 saturated heterocycles. The first kappa shape index (κ1) is 14.1. The Morgan fingerprint density at radius 3 is 2.05 bits per heavy atom. The highest BCUT2D eigenvalue weighted by Gasteiger charge is 2.29. The average Bonchev–Trinajstić information content (AvgIpc) is 3.35. The lowest BCUT2D eigenvalue weighted by Gasteiger charge is -2.26. The zero-order chi connectivity index (χ0) is 13.9. The van der Waals surface area contributed by atoms with Gasteiger partial charge in [0, 0.05) is 25.7 Å². The second kappa shape index (κ2) is 6.28. The number of nitrogens with two attached hydrogens (primary N) is 1. The summed E-state index contributed by atoms with van der Waals surface area (Å²) in [5, 5.41) is 0. The number of nitrogens with zero attached hydrogens (tertiary/aromatic N) is 1. The third kappa shape index (κ3) is 4.07. The van der Waals surface area contributed by atoms with Gasteiger partial charge in [0.2, 0.25) is 0 Å². The van der Waals surface area contributed by atoms with E-state index in [1.807, 2.05) is 0 Å². The predicted octanol–water partition coefficient (Wildman–Crippen LogP) is 3.37. The number of benzene rings is 1. The summed E-state index contributed by atoms with van der Waals surface area (Å²) in [6, 6.07) is 9.05. The summed E-state index contributed by atoms with van der Waals surface area (Å²) in [5.41, 5.74) is 9.13. The van der Waals surface area contributed by atoms with Crippen LogP contribution in [0.5, 0.6) is 0 Å². The molecule has 2 heteroatoms. The Kier molecular flexibility index (Phi) is 4.42. The van der Waals surface area contributed by atoms with Gasteiger partial charge in [-0.05, 0) is 55.1 Å². The fourth-order valence-corrected chi connectivity index (χ4v) is 2.94. The molecule has 0 radical (unpaired) electrons. The van der Waals surface area contributed by atoms with Crippen molar-refractivity contribution in [1.82, 2.24) is 4.90 Å². The van der Waals surface area contributed by atoms with Gasteiger partial charge in [0.25, 0.3) is 0 Å². The van der Waals surface area contributed by atoms with Crippen LogP contribution in [0.3, 0.4) is 0 Å². The number of hydrogen-bond acceptors (Lipinski definition) is 2. The maximum Gasteiger partial charge on any atom is 0.0424 e. The largest absolute Gasteiger partial charge is 0.323 e. The number of rotatable bonds is 8. The predicted molar refractivity (Wildman–Crippen MR) is 84.6 cm³/mol. The van der Waals surface area contributed by atoms with Crippen molar-refractivity contribution in [3.63, 3.8) is 0 Å². The fourth-order valence-electron chi connectivity index (χ4n) is 2.94. The van der Waals surface area contributed by atoms with Crippen LogP contribution >= 0.6 is 0 Å². The molecule has 2 fully saturated rings. The molecule has 1 unspecified atom stereocenters. The van der Waals surface area contributed by atoms with Gasteiger partial charge < -0.3 is 10.6 Å². The van der Waals surface area contributed by atoms with Crippen molar-refractivity contribution < 1.29 is 0 Å². The van der Waals surface area contributed by atoms with E-state index in [1.165, 1.54) is 49.9 Å². The monoisotopic (exact) mass is 272 g/mol. The van der Waals surface area contributed by atoms with Crippen LogP contribution in [-0.2, 0) is 6.42 Å². The van der Waals surface area contributed by atoms with Crippen molar-refractivity contribution in [2.24, 2.45) is 17.6 Å². The molecule has 0 aromatic heterocycles. The summed E-state index contributed by atoms with van der Waals surface area (Å²) in [5.74, 6) is 1.92. The second-order valence-corrected chi connectivity index (χ2v) is 6.81. The van der Waals surface area contributed by atoms with Crippen LogP contribution in [0.2, 0.25) is 0 Å². The average molecular weight is 272 g/mol. The molecule has 0 aliphatic heterocycles. The van der Waals surface area contributed by atoms with E-state index in [1.54, 1.807) is 0 Å². The molecule has 20 heavy (non-hydrogen) atoms. The summed E-state index contributed by atoms with van der Waals surface area (Å²) < 4.78 is 0. The van der Waals surface area contributed by atoms with E-state index in [0.29, 0.717) is 0 Å². The van der Waals surface area contributed by atoms with E-state index in [9.17, 15) is 0 Å². The smallest absolute Gasteiger partial charge is 0.0424 e. The molecular weight excluding hydrogens is 244 g/mol. The first-order valence-electron chi connectivity index (χ1n) is 8.31. The highest BCUT2D eigenvalue weighted by molar-refractivity contribution is 5.25. The van der Waals surface area contributed by atoms with Crippen molar-refractivity contribution in [3.05, 3.63) is 35.4 Å². The Bertz CT molecular complexity index is 404. The quantitative estimate of drug-likeness (QED) is 0.786. The van der Waals surface area contributed by atoms with Crippen molar-refractivity contribution in [2.45, 2.75) is 45.1 Å². The molecule has 3 rings (SSSR count). The van der Waals surface area contributed by atoms with E-state index in [4.69, 9.17) is 5.73 Å². The van der Waals surface area contributed by atoms with Crippen LogP contribution in [0.1, 0.15) is 49.8 Å². The van der Waals surface area contributed by atoms with Crippen LogP contribution in [0.25, 0.3) is 0 Å². The molecule has 2 aliphatic carbocycles. The van der Waals surface area contributed by atoms with E-state index < -0.39 is 0 Å². The highest BCUT2D eigenvalue weighted by Crippen LogP contribution is 2.34. The van der Waals surface area contributed by atoms with E-state index in [0.717, 1.165) is 24.8 Å². The zero-order valence-electron chi connectivity index (χ0n) is 12.7. The van der Waals surface area contributed by atoms with Crippen LogP contribution in [0.15, 0.2) is 24.3 Å².